The van der Waals surface area contributed by atoms with Crippen molar-refractivity contribution >= 4 is 17.7 Å². The Kier molecular flexibility index (Phi) is 4.20. The van der Waals surface area contributed by atoms with Crippen molar-refractivity contribution in [1.29, 1.82) is 0 Å². The van der Waals surface area contributed by atoms with Gasteiger partial charge in [0.2, 0.25) is 0 Å². The van der Waals surface area contributed by atoms with Crippen molar-refractivity contribution in [3.05, 3.63) is 47.7 Å². The number of amides is 1. The van der Waals surface area contributed by atoms with Crippen molar-refractivity contribution in [2.75, 3.05) is 13.1 Å². The number of hydrogen-bond acceptors (Lipinski definition) is 4. The third-order valence-corrected chi connectivity index (χ3v) is 4.22. The molecule has 6 nitrogen and oxygen atoms in total. The number of likely N-dealkylation sites (tertiary alicyclic amines) is 1. The smallest absolute Gasteiger partial charge is 0.308 e. The van der Waals surface area contributed by atoms with Crippen LogP contribution in [0.4, 0.5) is 0 Å². The number of carbonyl (C=O) groups excluding carboxylic acids is 2. The van der Waals surface area contributed by atoms with E-state index in [1.54, 1.807) is 36.4 Å². The summed E-state index contributed by atoms with van der Waals surface area (Å²) in [6.45, 7) is 2.12. The van der Waals surface area contributed by atoms with Gasteiger partial charge in [-0.1, -0.05) is 24.3 Å². The number of hydrogen-bond donors (Lipinski definition) is 1. The van der Waals surface area contributed by atoms with Crippen LogP contribution in [0.2, 0.25) is 0 Å². The molecule has 1 amide bonds. The van der Waals surface area contributed by atoms with E-state index in [1.807, 2.05) is 0 Å². The first-order valence-electron chi connectivity index (χ1n) is 7.69. The summed E-state index contributed by atoms with van der Waals surface area (Å²) >= 11 is 0. The SMILES string of the molecule is CC(=O)c1ccc(-c2ccc(C(=O)N3CCC(C(=O)O)C3)o2)cc1. The molecule has 2 aromatic rings. The second kappa shape index (κ2) is 6.31. The van der Waals surface area contributed by atoms with Crippen molar-refractivity contribution in [1.82, 2.24) is 4.90 Å². The Morgan fingerprint density at radius 3 is 2.42 bits per heavy atom. The van der Waals surface area contributed by atoms with Gasteiger partial charge in [-0.05, 0) is 25.5 Å². The summed E-state index contributed by atoms with van der Waals surface area (Å²) in [7, 11) is 0. The van der Waals surface area contributed by atoms with E-state index in [9.17, 15) is 14.4 Å². The van der Waals surface area contributed by atoms with Crippen LogP contribution in [0, 0.1) is 5.92 Å². The zero-order valence-electron chi connectivity index (χ0n) is 13.2. The third kappa shape index (κ3) is 3.08. The standard InChI is InChI=1S/C18H17NO5/c1-11(20)12-2-4-13(5-3-12)15-6-7-16(24-15)17(21)19-9-8-14(10-19)18(22)23/h2-7,14H,8-10H2,1H3,(H,22,23). The maximum atomic E-state index is 12.4. The Hall–Kier alpha value is -2.89. The predicted octanol–water partition coefficient (Wildman–Crippen LogP) is 2.70. The third-order valence-electron chi connectivity index (χ3n) is 4.22. The fourth-order valence-corrected chi connectivity index (χ4v) is 2.78. The van der Waals surface area contributed by atoms with E-state index < -0.39 is 11.9 Å². The number of benzene rings is 1. The van der Waals surface area contributed by atoms with E-state index in [0.29, 0.717) is 24.3 Å². The maximum Gasteiger partial charge on any atom is 0.308 e. The summed E-state index contributed by atoms with van der Waals surface area (Å²) in [5.74, 6) is -0.989. The molecule has 1 aromatic carbocycles. The lowest BCUT2D eigenvalue weighted by Crippen LogP contribution is -2.29. The van der Waals surface area contributed by atoms with Gasteiger partial charge in [0, 0.05) is 24.2 Å². The molecular weight excluding hydrogens is 310 g/mol. The van der Waals surface area contributed by atoms with Crippen molar-refractivity contribution < 1.29 is 23.9 Å². The zero-order chi connectivity index (χ0) is 17.3. The Balaban J connectivity index is 1.74. The summed E-state index contributed by atoms with van der Waals surface area (Å²) in [4.78, 5) is 36.2. The van der Waals surface area contributed by atoms with Crippen LogP contribution >= 0.6 is 0 Å². The zero-order valence-corrected chi connectivity index (χ0v) is 13.2. The summed E-state index contributed by atoms with van der Waals surface area (Å²) in [5, 5.41) is 9.01. The Bertz CT molecular complexity index is 790. The number of furan rings is 1. The van der Waals surface area contributed by atoms with Gasteiger partial charge >= 0.3 is 5.97 Å². The van der Waals surface area contributed by atoms with Gasteiger partial charge in [0.1, 0.15) is 5.76 Å². The number of aliphatic carboxylic acids is 1. The molecule has 3 rings (SSSR count). The van der Waals surface area contributed by atoms with Gasteiger partial charge in [-0.2, -0.15) is 0 Å². The largest absolute Gasteiger partial charge is 0.481 e. The number of carboxylic acid groups (broad SMARTS) is 1. The topological polar surface area (TPSA) is 87.8 Å². The first-order valence-corrected chi connectivity index (χ1v) is 7.69. The quantitative estimate of drug-likeness (QED) is 0.872. The molecule has 1 saturated heterocycles. The van der Waals surface area contributed by atoms with Crippen LogP contribution in [-0.2, 0) is 4.79 Å². The minimum absolute atomic E-state index is 0.0149. The number of rotatable bonds is 4. The van der Waals surface area contributed by atoms with Crippen LogP contribution in [0.25, 0.3) is 11.3 Å². The number of carboxylic acids is 1. The van der Waals surface area contributed by atoms with E-state index in [4.69, 9.17) is 9.52 Å². The van der Waals surface area contributed by atoms with E-state index in [-0.39, 0.29) is 24.0 Å². The monoisotopic (exact) mass is 327 g/mol. The predicted molar refractivity (Wildman–Crippen MR) is 85.8 cm³/mol. The van der Waals surface area contributed by atoms with E-state index in [0.717, 1.165) is 5.56 Å². The molecule has 2 heterocycles. The fourth-order valence-electron chi connectivity index (χ4n) is 2.78. The molecule has 0 radical (unpaired) electrons. The van der Waals surface area contributed by atoms with Gasteiger partial charge in [0.25, 0.3) is 5.91 Å². The molecule has 1 atom stereocenters. The molecule has 1 unspecified atom stereocenters. The second-order valence-electron chi connectivity index (χ2n) is 5.87. The Morgan fingerprint density at radius 1 is 1.12 bits per heavy atom. The lowest BCUT2D eigenvalue weighted by Gasteiger charge is -2.13. The van der Waals surface area contributed by atoms with Crippen LogP contribution < -0.4 is 0 Å². The average Bonchev–Trinajstić information content (AvgIpc) is 3.24. The van der Waals surface area contributed by atoms with Crippen LogP contribution in [0.1, 0.15) is 34.3 Å². The van der Waals surface area contributed by atoms with Crippen LogP contribution in [0.5, 0.6) is 0 Å². The van der Waals surface area contributed by atoms with Gasteiger partial charge in [-0.25, -0.2) is 0 Å². The molecule has 1 aliphatic rings. The minimum atomic E-state index is -0.879. The van der Waals surface area contributed by atoms with Gasteiger partial charge in [-0.15, -0.1) is 0 Å². The minimum Gasteiger partial charge on any atom is -0.481 e. The molecule has 0 bridgehead atoms. The van der Waals surface area contributed by atoms with Crippen molar-refractivity contribution in [3.63, 3.8) is 0 Å². The molecule has 0 spiro atoms. The highest BCUT2D eigenvalue weighted by Crippen LogP contribution is 2.25. The van der Waals surface area contributed by atoms with Crippen molar-refractivity contribution in [3.8, 4) is 11.3 Å². The Morgan fingerprint density at radius 2 is 1.83 bits per heavy atom. The molecule has 24 heavy (non-hydrogen) atoms. The molecule has 6 heteroatoms. The van der Waals surface area contributed by atoms with Gasteiger partial charge < -0.3 is 14.4 Å². The summed E-state index contributed by atoms with van der Waals surface area (Å²) < 4.78 is 5.62. The summed E-state index contributed by atoms with van der Waals surface area (Å²) in [6.07, 6.45) is 0.459. The lowest BCUT2D eigenvalue weighted by atomic mass is 10.1. The van der Waals surface area contributed by atoms with Crippen LogP contribution in [-0.4, -0.2) is 40.8 Å². The highest BCUT2D eigenvalue weighted by atomic mass is 16.4. The molecule has 0 saturated carbocycles. The molecule has 1 N–H and O–H groups in total. The highest BCUT2D eigenvalue weighted by Gasteiger charge is 2.32. The average molecular weight is 327 g/mol. The summed E-state index contributed by atoms with van der Waals surface area (Å²) in [5.41, 5.74) is 1.38. The molecule has 124 valence electrons. The number of nitrogens with zero attached hydrogens (tertiary/aromatic N) is 1. The number of Topliss-reactive ketones (excluding diaryl/α,β-unsaturated/α-hetero) is 1. The molecule has 1 aromatic heterocycles. The van der Waals surface area contributed by atoms with E-state index in [1.165, 1.54) is 11.8 Å². The maximum absolute atomic E-state index is 12.4. The van der Waals surface area contributed by atoms with Gasteiger partial charge in [-0.3, -0.25) is 14.4 Å². The lowest BCUT2D eigenvalue weighted by molar-refractivity contribution is -0.141. The summed E-state index contributed by atoms with van der Waals surface area (Å²) in [6, 6.07) is 10.2. The van der Waals surface area contributed by atoms with Crippen molar-refractivity contribution in [2.45, 2.75) is 13.3 Å². The van der Waals surface area contributed by atoms with Gasteiger partial charge in [0.05, 0.1) is 5.92 Å². The highest BCUT2D eigenvalue weighted by molar-refractivity contribution is 5.95. The fraction of sp³-hybridized carbons (Fsp3) is 0.278. The van der Waals surface area contributed by atoms with E-state index >= 15 is 0 Å². The normalized spacial score (nSPS) is 17.0. The number of carbonyl (C=O) groups is 3. The first-order chi connectivity index (χ1) is 11.5. The molecule has 1 fully saturated rings. The second-order valence-corrected chi connectivity index (χ2v) is 5.87. The first kappa shape index (κ1) is 16.0. The van der Waals surface area contributed by atoms with E-state index in [2.05, 4.69) is 0 Å². The van der Waals surface area contributed by atoms with Crippen LogP contribution in [0.3, 0.4) is 0 Å². The van der Waals surface area contributed by atoms with Gasteiger partial charge in [0.15, 0.2) is 11.5 Å². The molecule has 0 aliphatic carbocycles. The number of ketones is 1. The molecule has 1 aliphatic heterocycles. The molecular formula is C18H17NO5. The Labute approximate surface area is 138 Å². The van der Waals surface area contributed by atoms with Crippen molar-refractivity contribution in [2.24, 2.45) is 5.92 Å². The van der Waals surface area contributed by atoms with Crippen LogP contribution in [0.15, 0.2) is 40.8 Å².